The normalized spacial score (nSPS) is 20.0. The summed E-state index contributed by atoms with van der Waals surface area (Å²) in [4.78, 5) is 0. The second-order valence-electron chi connectivity index (χ2n) is 4.21. The molecule has 0 aliphatic carbocycles. The van der Waals surface area contributed by atoms with E-state index >= 15 is 0 Å². The molecule has 1 aromatic carbocycles. The van der Waals surface area contributed by atoms with Gasteiger partial charge in [-0.1, -0.05) is 15.9 Å². The van der Waals surface area contributed by atoms with E-state index in [-0.39, 0.29) is 6.10 Å². The van der Waals surface area contributed by atoms with Crippen LogP contribution in [0.5, 0.6) is 5.75 Å². The third kappa shape index (κ3) is 2.05. The summed E-state index contributed by atoms with van der Waals surface area (Å²) in [5.41, 5.74) is 0.897. The summed E-state index contributed by atoms with van der Waals surface area (Å²) >= 11 is 3.52. The minimum absolute atomic E-state index is 0.154. The molecule has 0 radical (unpaired) electrons. The molecule has 0 N–H and O–H groups in total. The number of fused-ring (bicyclic) bond motifs is 1. The van der Waals surface area contributed by atoms with Crippen LogP contribution in [-0.4, -0.2) is 29.1 Å². The SMILES string of the molecule is Cn1cc2c(Br)ccc(OC3CCOC3)c2n1. The summed E-state index contributed by atoms with van der Waals surface area (Å²) in [5, 5.41) is 5.51. The zero-order chi connectivity index (χ0) is 11.8. The fourth-order valence-electron chi connectivity index (χ4n) is 2.04. The third-order valence-electron chi connectivity index (χ3n) is 2.88. The molecular weight excluding hydrogens is 284 g/mol. The lowest BCUT2D eigenvalue weighted by Crippen LogP contribution is -2.15. The highest BCUT2D eigenvalue weighted by molar-refractivity contribution is 9.10. The average Bonchev–Trinajstić information content (AvgIpc) is 2.91. The quantitative estimate of drug-likeness (QED) is 0.854. The highest BCUT2D eigenvalue weighted by Gasteiger charge is 2.19. The second-order valence-corrected chi connectivity index (χ2v) is 5.07. The Kier molecular flexibility index (Phi) is 2.80. The minimum atomic E-state index is 0.154. The molecular formula is C12H13BrN2O2. The first-order chi connectivity index (χ1) is 8.24. The van der Waals surface area contributed by atoms with Crippen LogP contribution < -0.4 is 4.74 Å². The fraction of sp³-hybridized carbons (Fsp3) is 0.417. The van der Waals surface area contributed by atoms with E-state index in [9.17, 15) is 0 Å². The lowest BCUT2D eigenvalue weighted by molar-refractivity contribution is 0.142. The van der Waals surface area contributed by atoms with Crippen LogP contribution in [0.2, 0.25) is 0 Å². The predicted molar refractivity (Wildman–Crippen MR) is 68.3 cm³/mol. The van der Waals surface area contributed by atoms with Gasteiger partial charge in [0, 0.05) is 29.5 Å². The van der Waals surface area contributed by atoms with E-state index in [0.29, 0.717) is 6.61 Å². The number of benzene rings is 1. The first-order valence-corrected chi connectivity index (χ1v) is 6.39. The Balaban J connectivity index is 2.00. The van der Waals surface area contributed by atoms with Gasteiger partial charge in [-0.2, -0.15) is 5.10 Å². The van der Waals surface area contributed by atoms with Gasteiger partial charge in [0.05, 0.1) is 13.2 Å². The number of hydrogen-bond acceptors (Lipinski definition) is 3. The molecule has 1 aliphatic heterocycles. The van der Waals surface area contributed by atoms with Gasteiger partial charge in [-0.25, -0.2) is 0 Å². The van der Waals surface area contributed by atoms with Gasteiger partial charge in [0.25, 0.3) is 0 Å². The molecule has 1 atom stereocenters. The maximum absolute atomic E-state index is 5.94. The molecule has 0 bridgehead atoms. The molecule has 17 heavy (non-hydrogen) atoms. The minimum Gasteiger partial charge on any atom is -0.486 e. The van der Waals surface area contributed by atoms with Crippen molar-refractivity contribution in [1.82, 2.24) is 9.78 Å². The van der Waals surface area contributed by atoms with Crippen LogP contribution in [0.1, 0.15) is 6.42 Å². The van der Waals surface area contributed by atoms with E-state index in [1.165, 1.54) is 0 Å². The first-order valence-electron chi connectivity index (χ1n) is 5.60. The summed E-state index contributed by atoms with van der Waals surface area (Å²) in [5.74, 6) is 0.833. The van der Waals surface area contributed by atoms with Crippen molar-refractivity contribution in [3.05, 3.63) is 22.8 Å². The van der Waals surface area contributed by atoms with E-state index < -0.39 is 0 Å². The Hall–Kier alpha value is -1.07. The molecule has 0 saturated carbocycles. The molecule has 1 aromatic heterocycles. The first kappa shape index (κ1) is 11.0. The van der Waals surface area contributed by atoms with Crippen LogP contribution in [0.4, 0.5) is 0 Å². The number of aromatic nitrogens is 2. The topological polar surface area (TPSA) is 36.3 Å². The van der Waals surface area contributed by atoms with Gasteiger partial charge < -0.3 is 9.47 Å². The lowest BCUT2D eigenvalue weighted by atomic mass is 10.2. The van der Waals surface area contributed by atoms with Gasteiger partial charge in [0.15, 0.2) is 0 Å². The summed E-state index contributed by atoms with van der Waals surface area (Å²) in [6.07, 6.45) is 3.09. The number of nitrogens with zero attached hydrogens (tertiary/aromatic N) is 2. The van der Waals surface area contributed by atoms with E-state index in [0.717, 1.165) is 34.2 Å². The van der Waals surface area contributed by atoms with Crippen LogP contribution in [-0.2, 0) is 11.8 Å². The van der Waals surface area contributed by atoms with Crippen molar-refractivity contribution in [3.63, 3.8) is 0 Å². The number of rotatable bonds is 2. The number of halogens is 1. The Morgan fingerprint density at radius 1 is 1.53 bits per heavy atom. The molecule has 2 heterocycles. The summed E-state index contributed by atoms with van der Waals surface area (Å²) < 4.78 is 14.1. The van der Waals surface area contributed by atoms with Gasteiger partial charge in [-0.15, -0.1) is 0 Å². The molecule has 1 aliphatic rings. The van der Waals surface area contributed by atoms with Crippen molar-refractivity contribution in [3.8, 4) is 5.75 Å². The molecule has 4 nitrogen and oxygen atoms in total. The maximum atomic E-state index is 5.94. The van der Waals surface area contributed by atoms with E-state index in [1.807, 2.05) is 25.4 Å². The number of hydrogen-bond donors (Lipinski definition) is 0. The van der Waals surface area contributed by atoms with Gasteiger partial charge in [0.1, 0.15) is 17.4 Å². The van der Waals surface area contributed by atoms with E-state index in [4.69, 9.17) is 9.47 Å². The van der Waals surface area contributed by atoms with Gasteiger partial charge in [-0.05, 0) is 12.1 Å². The molecule has 3 rings (SSSR count). The average molecular weight is 297 g/mol. The zero-order valence-corrected chi connectivity index (χ0v) is 11.1. The van der Waals surface area contributed by atoms with Crippen LogP contribution in [0, 0.1) is 0 Å². The van der Waals surface area contributed by atoms with Crippen molar-refractivity contribution in [2.45, 2.75) is 12.5 Å². The van der Waals surface area contributed by atoms with Crippen LogP contribution in [0.15, 0.2) is 22.8 Å². The van der Waals surface area contributed by atoms with Crippen LogP contribution in [0.25, 0.3) is 10.9 Å². The van der Waals surface area contributed by atoms with Crippen molar-refractivity contribution < 1.29 is 9.47 Å². The largest absolute Gasteiger partial charge is 0.486 e. The zero-order valence-electron chi connectivity index (χ0n) is 9.52. The molecule has 0 amide bonds. The smallest absolute Gasteiger partial charge is 0.148 e. The monoisotopic (exact) mass is 296 g/mol. The van der Waals surface area contributed by atoms with Crippen LogP contribution in [0.3, 0.4) is 0 Å². The van der Waals surface area contributed by atoms with Crippen molar-refractivity contribution in [1.29, 1.82) is 0 Å². The predicted octanol–water partition coefficient (Wildman–Crippen LogP) is 2.50. The fourth-order valence-corrected chi connectivity index (χ4v) is 2.47. The Morgan fingerprint density at radius 3 is 3.18 bits per heavy atom. The molecule has 0 spiro atoms. The van der Waals surface area contributed by atoms with E-state index in [1.54, 1.807) is 4.68 Å². The summed E-state index contributed by atoms with van der Waals surface area (Å²) in [7, 11) is 1.91. The highest BCUT2D eigenvalue weighted by atomic mass is 79.9. The maximum Gasteiger partial charge on any atom is 0.148 e. The standard InChI is InChI=1S/C12H13BrN2O2/c1-15-6-9-10(13)2-3-11(12(9)14-15)17-8-4-5-16-7-8/h2-3,6,8H,4-5,7H2,1H3. The highest BCUT2D eigenvalue weighted by Crippen LogP contribution is 2.31. The van der Waals surface area contributed by atoms with Gasteiger partial charge >= 0.3 is 0 Å². The summed E-state index contributed by atoms with van der Waals surface area (Å²) in [6, 6.07) is 3.95. The molecule has 2 aromatic rings. The van der Waals surface area contributed by atoms with Crippen molar-refractivity contribution in [2.75, 3.05) is 13.2 Å². The van der Waals surface area contributed by atoms with Gasteiger partial charge in [-0.3, -0.25) is 4.68 Å². The van der Waals surface area contributed by atoms with E-state index in [2.05, 4.69) is 21.0 Å². The van der Waals surface area contributed by atoms with Crippen molar-refractivity contribution in [2.24, 2.45) is 7.05 Å². The molecule has 5 heteroatoms. The number of aryl methyl sites for hydroxylation is 1. The Morgan fingerprint density at radius 2 is 2.41 bits per heavy atom. The second kappa shape index (κ2) is 4.31. The Bertz CT molecular complexity index is 547. The lowest BCUT2D eigenvalue weighted by Gasteiger charge is -2.12. The van der Waals surface area contributed by atoms with Crippen molar-refractivity contribution >= 4 is 26.8 Å². The number of ether oxygens (including phenoxy) is 2. The summed E-state index contributed by atoms with van der Waals surface area (Å²) in [6.45, 7) is 1.46. The molecule has 1 unspecified atom stereocenters. The Labute approximate surface area is 108 Å². The van der Waals surface area contributed by atoms with Crippen LogP contribution >= 0.6 is 15.9 Å². The molecule has 1 fully saturated rings. The van der Waals surface area contributed by atoms with Gasteiger partial charge in [0.2, 0.25) is 0 Å². The third-order valence-corrected chi connectivity index (χ3v) is 3.57. The molecule has 90 valence electrons. The molecule has 1 saturated heterocycles.